The lowest BCUT2D eigenvalue weighted by atomic mass is 9.95. The average Bonchev–Trinajstić information content (AvgIpc) is 2.26. The smallest absolute Gasteiger partial charge is 0.119 e. The van der Waals surface area contributed by atoms with Gasteiger partial charge >= 0.3 is 0 Å². The van der Waals surface area contributed by atoms with Crippen LogP contribution in [0.3, 0.4) is 0 Å². The second kappa shape index (κ2) is 4.01. The van der Waals surface area contributed by atoms with Gasteiger partial charge in [0.15, 0.2) is 0 Å². The molecule has 2 aromatic carbocycles. The quantitative estimate of drug-likeness (QED) is 0.758. The lowest BCUT2D eigenvalue weighted by Gasteiger charge is -2.11. The fourth-order valence-electron chi connectivity index (χ4n) is 1.94. The van der Waals surface area contributed by atoms with Gasteiger partial charge < -0.3 is 5.11 Å². The highest BCUT2D eigenvalue weighted by Crippen LogP contribution is 2.31. The third-order valence-electron chi connectivity index (χ3n) is 2.99. The van der Waals surface area contributed by atoms with Crippen LogP contribution in [0.5, 0.6) is 5.75 Å². The largest absolute Gasteiger partial charge is 0.508 e. The molecule has 0 aliphatic carbocycles. The molecule has 2 rings (SSSR count). The average molecular weight is 212 g/mol. The van der Waals surface area contributed by atoms with Crippen molar-refractivity contribution in [2.45, 2.75) is 20.8 Å². The van der Waals surface area contributed by atoms with Crippen LogP contribution in [0.25, 0.3) is 11.1 Å². The number of benzene rings is 2. The number of aromatic hydroxyl groups is 1. The van der Waals surface area contributed by atoms with Crippen LogP contribution in [-0.2, 0) is 0 Å². The van der Waals surface area contributed by atoms with Crippen molar-refractivity contribution in [3.05, 3.63) is 53.1 Å². The number of aryl methyl sites for hydroxylation is 2. The molecule has 0 saturated carbocycles. The molecule has 16 heavy (non-hydrogen) atoms. The summed E-state index contributed by atoms with van der Waals surface area (Å²) in [6.07, 6.45) is 0. The zero-order chi connectivity index (χ0) is 11.7. The van der Waals surface area contributed by atoms with Gasteiger partial charge in [-0.1, -0.05) is 35.9 Å². The Morgan fingerprint density at radius 2 is 1.62 bits per heavy atom. The van der Waals surface area contributed by atoms with Crippen molar-refractivity contribution in [3.63, 3.8) is 0 Å². The van der Waals surface area contributed by atoms with Crippen LogP contribution < -0.4 is 0 Å². The highest BCUT2D eigenvalue weighted by Gasteiger charge is 2.07. The minimum absolute atomic E-state index is 0.360. The van der Waals surface area contributed by atoms with Gasteiger partial charge in [0.1, 0.15) is 5.75 Å². The minimum Gasteiger partial charge on any atom is -0.508 e. The van der Waals surface area contributed by atoms with E-state index in [0.717, 1.165) is 11.1 Å². The Morgan fingerprint density at radius 1 is 0.875 bits per heavy atom. The first-order chi connectivity index (χ1) is 7.59. The molecule has 0 atom stereocenters. The summed E-state index contributed by atoms with van der Waals surface area (Å²) < 4.78 is 0. The van der Waals surface area contributed by atoms with Gasteiger partial charge in [0.2, 0.25) is 0 Å². The van der Waals surface area contributed by atoms with Gasteiger partial charge in [-0.05, 0) is 49.1 Å². The molecule has 1 heteroatoms. The van der Waals surface area contributed by atoms with E-state index in [4.69, 9.17) is 0 Å². The van der Waals surface area contributed by atoms with Crippen molar-refractivity contribution in [2.24, 2.45) is 0 Å². The van der Waals surface area contributed by atoms with Crippen molar-refractivity contribution in [1.82, 2.24) is 0 Å². The summed E-state index contributed by atoms with van der Waals surface area (Å²) in [5, 5.41) is 9.72. The molecule has 0 saturated heterocycles. The second-order valence-corrected chi connectivity index (χ2v) is 4.27. The van der Waals surface area contributed by atoms with Crippen LogP contribution in [0.1, 0.15) is 16.7 Å². The maximum absolute atomic E-state index is 9.72. The van der Waals surface area contributed by atoms with Gasteiger partial charge in [0.25, 0.3) is 0 Å². The fraction of sp³-hybridized carbons (Fsp3) is 0.200. The number of phenolic OH excluding ortho intramolecular Hbond substituents is 1. The zero-order valence-corrected chi connectivity index (χ0v) is 9.91. The Hall–Kier alpha value is -1.76. The molecule has 0 aliphatic rings. The third-order valence-corrected chi connectivity index (χ3v) is 2.99. The summed E-state index contributed by atoms with van der Waals surface area (Å²) in [4.78, 5) is 0. The molecule has 0 heterocycles. The summed E-state index contributed by atoms with van der Waals surface area (Å²) in [7, 11) is 0. The van der Waals surface area contributed by atoms with Crippen molar-refractivity contribution in [2.75, 3.05) is 0 Å². The van der Waals surface area contributed by atoms with Crippen LogP contribution in [0, 0.1) is 20.8 Å². The first kappa shape index (κ1) is 10.7. The maximum atomic E-state index is 9.72. The Labute approximate surface area is 96.4 Å². The second-order valence-electron chi connectivity index (χ2n) is 4.27. The van der Waals surface area contributed by atoms with Crippen LogP contribution in [0.15, 0.2) is 36.4 Å². The van der Waals surface area contributed by atoms with E-state index in [0.29, 0.717) is 5.75 Å². The van der Waals surface area contributed by atoms with Crippen LogP contribution in [0.2, 0.25) is 0 Å². The third kappa shape index (κ3) is 1.81. The van der Waals surface area contributed by atoms with Crippen LogP contribution in [0.4, 0.5) is 0 Å². The van der Waals surface area contributed by atoms with E-state index in [-0.39, 0.29) is 0 Å². The molecular weight excluding hydrogens is 196 g/mol. The number of hydrogen-bond acceptors (Lipinski definition) is 1. The molecule has 1 nitrogen and oxygen atoms in total. The van der Waals surface area contributed by atoms with Crippen molar-refractivity contribution >= 4 is 0 Å². The SMILES string of the molecule is Cc1ccc(C)c(-c2cccc(O)c2C)c1. The molecule has 0 spiro atoms. The first-order valence-electron chi connectivity index (χ1n) is 5.46. The minimum atomic E-state index is 0.360. The Morgan fingerprint density at radius 3 is 2.38 bits per heavy atom. The predicted octanol–water partition coefficient (Wildman–Crippen LogP) is 3.98. The fourth-order valence-corrected chi connectivity index (χ4v) is 1.94. The van der Waals surface area contributed by atoms with Crippen molar-refractivity contribution < 1.29 is 5.11 Å². The van der Waals surface area contributed by atoms with E-state index in [9.17, 15) is 5.11 Å². The highest BCUT2D eigenvalue weighted by molar-refractivity contribution is 5.72. The maximum Gasteiger partial charge on any atom is 0.119 e. The first-order valence-corrected chi connectivity index (χ1v) is 5.46. The van der Waals surface area contributed by atoms with E-state index in [2.05, 4.69) is 38.1 Å². The number of hydrogen-bond donors (Lipinski definition) is 1. The Bertz CT molecular complexity index is 527. The lowest BCUT2D eigenvalue weighted by Crippen LogP contribution is -1.88. The Kier molecular flexibility index (Phi) is 2.69. The van der Waals surface area contributed by atoms with Crippen LogP contribution >= 0.6 is 0 Å². The van der Waals surface area contributed by atoms with E-state index in [1.807, 2.05) is 13.0 Å². The van der Waals surface area contributed by atoms with E-state index >= 15 is 0 Å². The normalized spacial score (nSPS) is 10.4. The van der Waals surface area contributed by atoms with Gasteiger partial charge in [-0.25, -0.2) is 0 Å². The molecule has 0 fully saturated rings. The van der Waals surface area contributed by atoms with Gasteiger partial charge in [-0.2, -0.15) is 0 Å². The van der Waals surface area contributed by atoms with Crippen molar-refractivity contribution in [3.8, 4) is 16.9 Å². The predicted molar refractivity (Wildman–Crippen MR) is 67.8 cm³/mol. The summed E-state index contributed by atoms with van der Waals surface area (Å²) in [5.41, 5.74) is 5.73. The van der Waals surface area contributed by atoms with Gasteiger partial charge in [0.05, 0.1) is 0 Å². The molecule has 0 aliphatic heterocycles. The molecule has 0 bridgehead atoms. The zero-order valence-electron chi connectivity index (χ0n) is 9.91. The summed E-state index contributed by atoms with van der Waals surface area (Å²) in [6, 6.07) is 12.1. The highest BCUT2D eigenvalue weighted by atomic mass is 16.3. The molecule has 2 aromatic rings. The van der Waals surface area contributed by atoms with Gasteiger partial charge in [-0.3, -0.25) is 0 Å². The molecule has 82 valence electrons. The van der Waals surface area contributed by atoms with Gasteiger partial charge in [-0.15, -0.1) is 0 Å². The number of rotatable bonds is 1. The van der Waals surface area contributed by atoms with Crippen LogP contribution in [-0.4, -0.2) is 5.11 Å². The summed E-state index contributed by atoms with van der Waals surface area (Å²) >= 11 is 0. The molecule has 1 N–H and O–H groups in total. The molecule has 0 aromatic heterocycles. The molecule has 0 radical (unpaired) electrons. The standard InChI is InChI=1S/C15H16O/c1-10-7-8-11(2)14(9-10)13-5-4-6-15(16)12(13)3/h4-9,16H,1-3H3. The van der Waals surface area contributed by atoms with Crippen molar-refractivity contribution in [1.29, 1.82) is 0 Å². The lowest BCUT2D eigenvalue weighted by molar-refractivity contribution is 0.471. The summed E-state index contributed by atoms with van der Waals surface area (Å²) in [6.45, 7) is 6.13. The Balaban J connectivity index is 2.67. The van der Waals surface area contributed by atoms with E-state index in [1.54, 1.807) is 6.07 Å². The molecule has 0 unspecified atom stereocenters. The topological polar surface area (TPSA) is 20.2 Å². The molecular formula is C15H16O. The number of phenols is 1. The molecule has 0 amide bonds. The summed E-state index contributed by atoms with van der Waals surface area (Å²) in [5.74, 6) is 0.360. The van der Waals surface area contributed by atoms with E-state index < -0.39 is 0 Å². The van der Waals surface area contributed by atoms with E-state index in [1.165, 1.54) is 16.7 Å². The monoisotopic (exact) mass is 212 g/mol. The van der Waals surface area contributed by atoms with Gasteiger partial charge in [0, 0.05) is 0 Å².